The molecule has 1 saturated carbocycles. The molecule has 34 heavy (non-hydrogen) atoms. The monoisotopic (exact) mass is 485 g/mol. The van der Waals surface area contributed by atoms with E-state index in [-0.39, 0.29) is 35.9 Å². The van der Waals surface area contributed by atoms with E-state index in [1.54, 1.807) is 0 Å². The van der Waals surface area contributed by atoms with Crippen LogP contribution in [0.3, 0.4) is 0 Å². The molecule has 5 nitrogen and oxygen atoms in total. The quantitative estimate of drug-likeness (QED) is 0.519. The molecule has 1 saturated heterocycles. The van der Waals surface area contributed by atoms with Gasteiger partial charge in [0.1, 0.15) is 0 Å². The Kier molecular flexibility index (Phi) is 8.26. The molecule has 1 aromatic carbocycles. The van der Waals surface area contributed by atoms with Crippen LogP contribution in [-0.4, -0.2) is 42.9 Å². The summed E-state index contributed by atoms with van der Waals surface area (Å²) in [6, 6.07) is 3.05. The molecule has 0 spiro atoms. The van der Waals surface area contributed by atoms with Gasteiger partial charge in [0.25, 0.3) is 11.8 Å². The summed E-state index contributed by atoms with van der Waals surface area (Å²) in [5.41, 5.74) is -1.21. The van der Waals surface area contributed by atoms with Crippen LogP contribution in [0.25, 0.3) is 0 Å². The minimum absolute atomic E-state index is 0.00606. The van der Waals surface area contributed by atoms with E-state index in [1.807, 2.05) is 11.9 Å². The van der Waals surface area contributed by atoms with Gasteiger partial charge in [-0.2, -0.15) is 0 Å². The number of carbonyl (C=O) groups excluding carboxylic acids is 2. The number of alkyl halides is 4. The first kappa shape index (κ1) is 26.4. The normalized spacial score (nSPS) is 22.5. The third kappa shape index (κ3) is 6.71. The van der Waals surface area contributed by atoms with Crippen LogP contribution in [-0.2, 0) is 21.4 Å². The predicted molar refractivity (Wildman–Crippen MR) is 123 cm³/mol. The number of hydrogen-bond donors (Lipinski definition) is 2. The summed E-state index contributed by atoms with van der Waals surface area (Å²) in [7, 11) is 1.89. The Morgan fingerprint density at radius 2 is 1.50 bits per heavy atom. The molecule has 2 amide bonds. The van der Waals surface area contributed by atoms with E-state index in [9.17, 15) is 27.2 Å². The van der Waals surface area contributed by atoms with Gasteiger partial charge in [-0.05, 0) is 56.8 Å². The molecule has 3 rings (SSSR count). The Labute approximate surface area is 198 Å². The first-order valence-corrected chi connectivity index (χ1v) is 12.1. The van der Waals surface area contributed by atoms with Crippen LogP contribution in [0.1, 0.15) is 69.9 Å². The first-order chi connectivity index (χ1) is 15.9. The Bertz CT molecular complexity index is 842. The standard InChI is InChI=1S/C25H35F4N3O2/c1-24(26,27)17-13-18(25(2,28)29)15-19(14-17)31-22(33)12-16-8-10-32(11-9-16)23(34)20-6-4-5-7-21(20)30-3/h13-16,20-21,30H,4-12H2,1-3H3,(H,31,33)/t20-,21-/m1/s1. The zero-order chi connectivity index (χ0) is 25.1. The summed E-state index contributed by atoms with van der Waals surface area (Å²) in [6.07, 6.45) is 5.56. The Balaban J connectivity index is 1.57. The van der Waals surface area contributed by atoms with Gasteiger partial charge in [-0.3, -0.25) is 9.59 Å². The van der Waals surface area contributed by atoms with E-state index in [0.717, 1.165) is 43.9 Å². The third-order valence-electron chi connectivity index (χ3n) is 7.08. The summed E-state index contributed by atoms with van der Waals surface area (Å²) in [6.45, 7) is 2.42. The average Bonchev–Trinajstić information content (AvgIpc) is 2.77. The van der Waals surface area contributed by atoms with Crippen molar-refractivity contribution in [2.75, 3.05) is 25.5 Å². The highest BCUT2D eigenvalue weighted by Gasteiger charge is 2.35. The van der Waals surface area contributed by atoms with Gasteiger partial charge in [-0.25, -0.2) is 17.6 Å². The van der Waals surface area contributed by atoms with Gasteiger partial charge in [0.2, 0.25) is 11.8 Å². The minimum atomic E-state index is -3.31. The second-order valence-corrected chi connectivity index (χ2v) is 9.88. The molecule has 0 aromatic heterocycles. The molecule has 1 heterocycles. The van der Waals surface area contributed by atoms with Crippen molar-refractivity contribution in [2.24, 2.45) is 11.8 Å². The van der Waals surface area contributed by atoms with Gasteiger partial charge >= 0.3 is 0 Å². The highest BCUT2D eigenvalue weighted by molar-refractivity contribution is 5.91. The van der Waals surface area contributed by atoms with Gasteiger partial charge in [0.05, 0.1) is 5.92 Å². The molecular formula is C25H35F4N3O2. The van der Waals surface area contributed by atoms with Gasteiger partial charge in [-0.15, -0.1) is 0 Å². The molecule has 2 fully saturated rings. The maximum atomic E-state index is 13.8. The molecule has 2 N–H and O–H groups in total. The average molecular weight is 486 g/mol. The summed E-state index contributed by atoms with van der Waals surface area (Å²) in [5.74, 6) is -6.83. The van der Waals surface area contributed by atoms with E-state index in [2.05, 4.69) is 10.6 Å². The van der Waals surface area contributed by atoms with E-state index in [1.165, 1.54) is 0 Å². The number of rotatable bonds is 7. The van der Waals surface area contributed by atoms with Crippen molar-refractivity contribution in [3.05, 3.63) is 29.3 Å². The van der Waals surface area contributed by atoms with Gasteiger partial charge < -0.3 is 15.5 Å². The molecule has 0 unspecified atom stereocenters. The Hall–Kier alpha value is -2.16. The molecule has 190 valence electrons. The molecule has 1 aliphatic heterocycles. The fourth-order valence-corrected chi connectivity index (χ4v) is 5.04. The summed E-state index contributed by atoms with van der Waals surface area (Å²) in [5, 5.41) is 5.78. The van der Waals surface area contributed by atoms with Crippen LogP contribution in [0.2, 0.25) is 0 Å². The smallest absolute Gasteiger partial charge is 0.270 e. The zero-order valence-electron chi connectivity index (χ0n) is 20.1. The van der Waals surface area contributed by atoms with Crippen molar-refractivity contribution in [1.29, 1.82) is 0 Å². The highest BCUT2D eigenvalue weighted by Crippen LogP contribution is 2.36. The SMILES string of the molecule is CN[C@@H]1CCCC[C@H]1C(=O)N1CCC(CC(=O)Nc2cc(C(C)(F)F)cc(C(C)(F)F)c2)CC1. The first-order valence-electron chi connectivity index (χ1n) is 12.1. The van der Waals surface area contributed by atoms with E-state index in [0.29, 0.717) is 39.8 Å². The zero-order valence-corrected chi connectivity index (χ0v) is 20.1. The van der Waals surface area contributed by atoms with Gasteiger partial charge in [0.15, 0.2) is 0 Å². The number of nitrogens with zero attached hydrogens (tertiary/aromatic N) is 1. The molecule has 1 aliphatic carbocycles. The Morgan fingerprint density at radius 3 is 2.03 bits per heavy atom. The number of nitrogens with one attached hydrogen (secondary N) is 2. The molecule has 2 atom stereocenters. The van der Waals surface area contributed by atoms with E-state index < -0.39 is 28.9 Å². The van der Waals surface area contributed by atoms with Crippen molar-refractivity contribution >= 4 is 17.5 Å². The molecule has 0 radical (unpaired) electrons. The fourth-order valence-electron chi connectivity index (χ4n) is 5.04. The number of piperidine rings is 1. The lowest BCUT2D eigenvalue weighted by Crippen LogP contribution is -2.49. The van der Waals surface area contributed by atoms with Crippen molar-refractivity contribution in [1.82, 2.24) is 10.2 Å². The molecule has 9 heteroatoms. The van der Waals surface area contributed by atoms with Gasteiger partial charge in [0, 0.05) is 56.2 Å². The lowest BCUT2D eigenvalue weighted by Gasteiger charge is -2.38. The van der Waals surface area contributed by atoms with Crippen LogP contribution < -0.4 is 10.6 Å². The fraction of sp³-hybridized carbons (Fsp3) is 0.680. The number of amides is 2. The number of hydrogen-bond acceptors (Lipinski definition) is 3. The summed E-state index contributed by atoms with van der Waals surface area (Å²) < 4.78 is 55.2. The maximum Gasteiger partial charge on any atom is 0.270 e. The Morgan fingerprint density at radius 1 is 0.941 bits per heavy atom. The van der Waals surface area contributed by atoms with Crippen molar-refractivity contribution < 1.29 is 27.2 Å². The van der Waals surface area contributed by atoms with Crippen molar-refractivity contribution in [2.45, 2.75) is 76.7 Å². The minimum Gasteiger partial charge on any atom is -0.342 e. The van der Waals surface area contributed by atoms with E-state index >= 15 is 0 Å². The lowest BCUT2D eigenvalue weighted by atomic mass is 9.83. The number of halogens is 4. The van der Waals surface area contributed by atoms with Crippen LogP contribution in [0, 0.1) is 11.8 Å². The maximum absolute atomic E-state index is 13.8. The molecule has 2 aliphatic rings. The second kappa shape index (κ2) is 10.6. The molecule has 0 bridgehead atoms. The summed E-state index contributed by atoms with van der Waals surface area (Å²) in [4.78, 5) is 27.5. The van der Waals surface area contributed by atoms with Crippen LogP contribution in [0.4, 0.5) is 23.2 Å². The van der Waals surface area contributed by atoms with Crippen molar-refractivity contribution in [3.63, 3.8) is 0 Å². The number of benzene rings is 1. The molecular weight excluding hydrogens is 450 g/mol. The highest BCUT2D eigenvalue weighted by atomic mass is 19.3. The number of carbonyl (C=O) groups is 2. The van der Waals surface area contributed by atoms with Crippen LogP contribution in [0.5, 0.6) is 0 Å². The number of anilines is 1. The topological polar surface area (TPSA) is 61.4 Å². The van der Waals surface area contributed by atoms with Crippen LogP contribution >= 0.6 is 0 Å². The number of likely N-dealkylation sites (tertiary alicyclic amines) is 1. The summed E-state index contributed by atoms with van der Waals surface area (Å²) >= 11 is 0. The van der Waals surface area contributed by atoms with Crippen LogP contribution in [0.15, 0.2) is 18.2 Å². The largest absolute Gasteiger partial charge is 0.342 e. The van der Waals surface area contributed by atoms with Crippen molar-refractivity contribution in [3.8, 4) is 0 Å². The van der Waals surface area contributed by atoms with Gasteiger partial charge in [-0.1, -0.05) is 12.8 Å². The molecule has 1 aromatic rings. The van der Waals surface area contributed by atoms with E-state index in [4.69, 9.17) is 0 Å². The lowest BCUT2D eigenvalue weighted by molar-refractivity contribution is -0.139. The predicted octanol–water partition coefficient (Wildman–Crippen LogP) is 5.26. The third-order valence-corrected chi connectivity index (χ3v) is 7.08. The second-order valence-electron chi connectivity index (χ2n) is 9.88.